The Labute approximate surface area is 179 Å². The van der Waals surface area contributed by atoms with Crippen molar-refractivity contribution in [3.63, 3.8) is 0 Å². The molecule has 0 aliphatic carbocycles. The Morgan fingerprint density at radius 1 is 1.11 bits per heavy atom. The fourth-order valence-electron chi connectivity index (χ4n) is 4.46. The van der Waals surface area contributed by atoms with E-state index in [-0.39, 0.29) is 12.4 Å². The summed E-state index contributed by atoms with van der Waals surface area (Å²) in [6.07, 6.45) is 5.08. The van der Waals surface area contributed by atoms with Crippen molar-refractivity contribution in [1.82, 2.24) is 10.2 Å². The number of halogens is 1. The van der Waals surface area contributed by atoms with Gasteiger partial charge in [-0.05, 0) is 74.8 Å². The molecule has 1 aromatic heterocycles. The van der Waals surface area contributed by atoms with Crippen LogP contribution in [0.5, 0.6) is 0 Å². The van der Waals surface area contributed by atoms with Gasteiger partial charge in [0.1, 0.15) is 0 Å². The molecule has 2 aromatic carbocycles. The highest BCUT2D eigenvalue weighted by atomic mass is 35.5. The van der Waals surface area contributed by atoms with E-state index in [2.05, 4.69) is 77.9 Å². The Morgan fingerprint density at radius 3 is 2.64 bits per heavy atom. The number of piperidine rings is 1. The molecule has 28 heavy (non-hydrogen) atoms. The smallest absolute Gasteiger partial charge is 0.0345 e. The Morgan fingerprint density at radius 2 is 1.89 bits per heavy atom. The molecule has 1 aliphatic heterocycles. The highest BCUT2D eigenvalue weighted by molar-refractivity contribution is 7.19. The summed E-state index contributed by atoms with van der Waals surface area (Å²) in [7, 11) is 2.32. The molecule has 4 rings (SSSR count). The molecule has 1 saturated heterocycles. The maximum absolute atomic E-state index is 3.63. The molecular formula is C24H31ClN2S. The van der Waals surface area contributed by atoms with Gasteiger partial charge in [-0.15, -0.1) is 23.7 Å². The van der Waals surface area contributed by atoms with Crippen molar-refractivity contribution >= 4 is 33.8 Å². The largest absolute Gasteiger partial charge is 0.316 e. The maximum Gasteiger partial charge on any atom is 0.0345 e. The van der Waals surface area contributed by atoms with Crippen LogP contribution in [-0.2, 0) is 13.0 Å². The van der Waals surface area contributed by atoms with E-state index in [1.165, 1.54) is 52.8 Å². The summed E-state index contributed by atoms with van der Waals surface area (Å²) >= 11 is 1.97. The third-order valence-electron chi connectivity index (χ3n) is 5.88. The first-order chi connectivity index (χ1) is 13.3. The van der Waals surface area contributed by atoms with Gasteiger partial charge in [-0.2, -0.15) is 0 Å². The lowest BCUT2D eigenvalue weighted by atomic mass is 9.87. The average molecular weight is 415 g/mol. The van der Waals surface area contributed by atoms with Crippen molar-refractivity contribution in [3.8, 4) is 0 Å². The van der Waals surface area contributed by atoms with E-state index in [0.717, 1.165) is 19.0 Å². The first-order valence-electron chi connectivity index (χ1n) is 10.2. The first kappa shape index (κ1) is 21.3. The summed E-state index contributed by atoms with van der Waals surface area (Å²) in [5.41, 5.74) is 1.41. The topological polar surface area (TPSA) is 15.3 Å². The zero-order chi connectivity index (χ0) is 18.5. The van der Waals surface area contributed by atoms with Gasteiger partial charge in [0, 0.05) is 22.2 Å². The highest BCUT2D eigenvalue weighted by Crippen LogP contribution is 2.29. The number of hydrogen-bond donors (Lipinski definition) is 1. The summed E-state index contributed by atoms with van der Waals surface area (Å²) in [6, 6.07) is 22.7. The van der Waals surface area contributed by atoms with E-state index in [1.807, 2.05) is 11.3 Å². The molecule has 0 bridgehead atoms. The molecule has 0 saturated carbocycles. The van der Waals surface area contributed by atoms with Crippen LogP contribution in [0.3, 0.4) is 0 Å². The molecule has 2 heterocycles. The number of hydrogen-bond acceptors (Lipinski definition) is 3. The van der Waals surface area contributed by atoms with Crippen LogP contribution in [0.2, 0.25) is 0 Å². The van der Waals surface area contributed by atoms with E-state index in [0.29, 0.717) is 6.04 Å². The van der Waals surface area contributed by atoms with E-state index in [4.69, 9.17) is 0 Å². The zero-order valence-corrected chi connectivity index (χ0v) is 18.3. The number of thiophene rings is 1. The molecule has 2 nitrogen and oxygen atoms in total. The summed E-state index contributed by atoms with van der Waals surface area (Å²) < 4.78 is 1.42. The van der Waals surface area contributed by atoms with Crippen molar-refractivity contribution in [2.45, 2.75) is 38.3 Å². The van der Waals surface area contributed by atoms with E-state index < -0.39 is 0 Å². The summed E-state index contributed by atoms with van der Waals surface area (Å²) in [5.74, 6) is 0.752. The van der Waals surface area contributed by atoms with Gasteiger partial charge >= 0.3 is 0 Å². The first-order valence-corrected chi connectivity index (χ1v) is 11.0. The molecule has 3 aromatic rings. The van der Waals surface area contributed by atoms with Crippen LogP contribution in [0.15, 0.2) is 60.7 Å². The van der Waals surface area contributed by atoms with Gasteiger partial charge in [0.25, 0.3) is 0 Å². The van der Waals surface area contributed by atoms with Gasteiger partial charge in [-0.3, -0.25) is 4.90 Å². The molecule has 2 atom stereocenters. The Balaban J connectivity index is 0.00000225. The van der Waals surface area contributed by atoms with Gasteiger partial charge < -0.3 is 5.32 Å². The molecule has 0 amide bonds. The van der Waals surface area contributed by atoms with Crippen LogP contribution in [-0.4, -0.2) is 31.1 Å². The fraction of sp³-hybridized carbons (Fsp3) is 0.417. The number of nitrogens with one attached hydrogen (secondary N) is 1. The van der Waals surface area contributed by atoms with Crippen LogP contribution in [0.1, 0.15) is 29.7 Å². The standard InChI is InChI=1S/C24H30N2S.ClH/c1-26(18-19-8-3-2-4-9-19)23(21-11-7-15-25-17-21)14-13-22-16-20-10-5-6-12-24(20)27-22;/h2-6,8-10,12,16,21,23,25H,7,11,13-15,17-18H2,1H3;1H. The van der Waals surface area contributed by atoms with E-state index in [9.17, 15) is 0 Å². The van der Waals surface area contributed by atoms with Crippen LogP contribution < -0.4 is 5.32 Å². The third kappa shape index (κ3) is 5.36. The lowest BCUT2D eigenvalue weighted by molar-refractivity contribution is 0.137. The van der Waals surface area contributed by atoms with Gasteiger partial charge in [0.2, 0.25) is 0 Å². The van der Waals surface area contributed by atoms with E-state index in [1.54, 1.807) is 0 Å². The number of aryl methyl sites for hydroxylation is 1. The molecule has 150 valence electrons. The fourth-order valence-corrected chi connectivity index (χ4v) is 5.54. The van der Waals surface area contributed by atoms with Crippen LogP contribution in [0.25, 0.3) is 10.1 Å². The molecule has 2 unspecified atom stereocenters. The molecule has 1 N–H and O–H groups in total. The Bertz CT molecular complexity index is 809. The number of rotatable bonds is 7. The van der Waals surface area contributed by atoms with Crippen molar-refractivity contribution in [3.05, 3.63) is 71.1 Å². The Kier molecular flexibility index (Phi) is 7.92. The molecule has 1 aliphatic rings. The lowest BCUT2D eigenvalue weighted by Gasteiger charge is -2.37. The zero-order valence-electron chi connectivity index (χ0n) is 16.6. The van der Waals surface area contributed by atoms with E-state index >= 15 is 0 Å². The number of benzene rings is 2. The van der Waals surface area contributed by atoms with Crippen molar-refractivity contribution in [1.29, 1.82) is 0 Å². The van der Waals surface area contributed by atoms with Crippen LogP contribution >= 0.6 is 23.7 Å². The predicted molar refractivity (Wildman–Crippen MR) is 125 cm³/mol. The van der Waals surface area contributed by atoms with Gasteiger partial charge in [-0.1, -0.05) is 48.5 Å². The molecule has 0 radical (unpaired) electrons. The van der Waals surface area contributed by atoms with Gasteiger partial charge in [0.05, 0.1) is 0 Å². The summed E-state index contributed by atoms with van der Waals surface area (Å²) in [4.78, 5) is 4.12. The predicted octanol–water partition coefficient (Wildman–Crippen LogP) is 5.76. The van der Waals surface area contributed by atoms with Crippen molar-refractivity contribution in [2.75, 3.05) is 20.1 Å². The second-order valence-electron chi connectivity index (χ2n) is 7.86. The summed E-state index contributed by atoms with van der Waals surface area (Å²) in [5, 5.41) is 5.02. The lowest BCUT2D eigenvalue weighted by Crippen LogP contribution is -2.44. The third-order valence-corrected chi connectivity index (χ3v) is 7.06. The highest BCUT2D eigenvalue weighted by Gasteiger charge is 2.27. The van der Waals surface area contributed by atoms with Crippen molar-refractivity contribution in [2.24, 2.45) is 5.92 Å². The minimum Gasteiger partial charge on any atom is -0.316 e. The molecule has 4 heteroatoms. The van der Waals surface area contributed by atoms with Crippen LogP contribution in [0, 0.1) is 5.92 Å². The summed E-state index contributed by atoms with van der Waals surface area (Å²) in [6.45, 7) is 3.38. The Hall–Kier alpha value is -1.39. The number of fused-ring (bicyclic) bond motifs is 1. The van der Waals surface area contributed by atoms with Gasteiger partial charge in [0.15, 0.2) is 0 Å². The molecular weight excluding hydrogens is 384 g/mol. The SMILES string of the molecule is CN(Cc1ccccc1)C(CCc1cc2ccccc2s1)C1CCCNC1.Cl. The second-order valence-corrected chi connectivity index (χ2v) is 9.03. The quantitative estimate of drug-likeness (QED) is 0.529. The monoisotopic (exact) mass is 414 g/mol. The normalized spacial score (nSPS) is 18.1. The molecule has 1 fully saturated rings. The van der Waals surface area contributed by atoms with Gasteiger partial charge in [-0.25, -0.2) is 0 Å². The number of nitrogens with zero attached hydrogens (tertiary/aromatic N) is 1. The minimum atomic E-state index is 0. The molecule has 0 spiro atoms. The second kappa shape index (κ2) is 10.4. The van der Waals surface area contributed by atoms with Crippen LogP contribution in [0.4, 0.5) is 0 Å². The van der Waals surface area contributed by atoms with Crippen molar-refractivity contribution < 1.29 is 0 Å². The minimum absolute atomic E-state index is 0. The maximum atomic E-state index is 3.63. The average Bonchev–Trinajstić information content (AvgIpc) is 3.13.